The Morgan fingerprint density at radius 2 is 1.93 bits per heavy atom. The van der Waals surface area contributed by atoms with Crippen molar-refractivity contribution >= 4 is 12.4 Å². The quantitative estimate of drug-likeness (QED) is 0.852. The van der Waals surface area contributed by atoms with Crippen LogP contribution in [0.15, 0.2) is 36.7 Å². The molecular weight excluding hydrogens is 217 g/mol. The maximum atomic E-state index is 12.6. The summed E-state index contributed by atoms with van der Waals surface area (Å²) in [5.74, 6) is -0.250. The molecule has 3 nitrogen and oxygen atoms in total. The highest BCUT2D eigenvalue weighted by Gasteiger charge is 1.99. The van der Waals surface area contributed by atoms with E-state index < -0.39 is 0 Å². The van der Waals surface area contributed by atoms with Crippen LogP contribution in [0.4, 0.5) is 4.39 Å². The Hall–Kier alpha value is -1.39. The first-order valence-electron chi connectivity index (χ1n) is 4.29. The molecule has 2 N–H and O–H groups in total. The second-order valence-electron chi connectivity index (χ2n) is 2.97. The Labute approximate surface area is 93.1 Å². The molecule has 0 bridgehead atoms. The summed E-state index contributed by atoms with van der Waals surface area (Å²) in [6.45, 7) is 0.460. The molecule has 0 saturated carbocycles. The molecule has 0 spiro atoms. The minimum Gasteiger partial charge on any atom is -0.326 e. The monoisotopic (exact) mass is 227 g/mol. The van der Waals surface area contributed by atoms with Gasteiger partial charge in [0.25, 0.3) is 0 Å². The first-order valence-corrected chi connectivity index (χ1v) is 4.29. The molecule has 0 amide bonds. The molecule has 0 aliphatic carbocycles. The maximum Gasteiger partial charge on any atom is 0.123 e. The van der Waals surface area contributed by atoms with Crippen molar-refractivity contribution in [3.05, 3.63) is 48.0 Å². The van der Waals surface area contributed by atoms with E-state index in [9.17, 15) is 4.39 Å². The highest BCUT2D eigenvalue weighted by atomic mass is 35.5. The van der Waals surface area contributed by atoms with Crippen LogP contribution in [0.25, 0.3) is 5.69 Å². The topological polar surface area (TPSA) is 43.8 Å². The summed E-state index contributed by atoms with van der Waals surface area (Å²) in [7, 11) is 0. The third-order valence-corrected chi connectivity index (χ3v) is 1.96. The van der Waals surface area contributed by atoms with Crippen molar-refractivity contribution in [2.24, 2.45) is 5.73 Å². The number of nitrogens with two attached hydrogens (primary N) is 1. The summed E-state index contributed by atoms with van der Waals surface area (Å²) in [6, 6.07) is 6.14. The Balaban J connectivity index is 0.00000112. The predicted molar refractivity (Wildman–Crippen MR) is 58.7 cm³/mol. The summed E-state index contributed by atoms with van der Waals surface area (Å²) in [5.41, 5.74) is 7.23. The molecule has 1 aromatic carbocycles. The Kier molecular flexibility index (Phi) is 3.82. The van der Waals surface area contributed by atoms with Crippen LogP contribution in [0.5, 0.6) is 0 Å². The molecule has 1 aromatic heterocycles. The molecule has 0 atom stereocenters. The van der Waals surface area contributed by atoms with Gasteiger partial charge in [0.05, 0.1) is 11.9 Å². The Bertz CT molecular complexity index is 424. The van der Waals surface area contributed by atoms with Crippen LogP contribution in [-0.2, 0) is 6.54 Å². The second kappa shape index (κ2) is 4.91. The molecule has 0 aliphatic rings. The van der Waals surface area contributed by atoms with Crippen molar-refractivity contribution in [1.82, 2.24) is 9.78 Å². The first-order chi connectivity index (χ1) is 6.79. The zero-order valence-electron chi connectivity index (χ0n) is 7.93. The summed E-state index contributed by atoms with van der Waals surface area (Å²) < 4.78 is 14.3. The van der Waals surface area contributed by atoms with Crippen LogP contribution in [0.3, 0.4) is 0 Å². The van der Waals surface area contributed by atoms with Gasteiger partial charge in [-0.15, -0.1) is 12.4 Å². The van der Waals surface area contributed by atoms with Gasteiger partial charge < -0.3 is 5.73 Å². The molecule has 5 heteroatoms. The standard InChI is InChI=1S/C10H10FN3.ClH/c11-9-1-3-10(4-2-9)14-7-8(5-12)6-13-14;/h1-4,6-7H,5,12H2;1H. The molecule has 0 radical (unpaired) electrons. The van der Waals surface area contributed by atoms with E-state index in [-0.39, 0.29) is 18.2 Å². The molecule has 2 aromatic rings. The third-order valence-electron chi connectivity index (χ3n) is 1.96. The molecule has 1 heterocycles. The van der Waals surface area contributed by atoms with E-state index in [4.69, 9.17) is 5.73 Å². The van der Waals surface area contributed by atoms with Gasteiger partial charge in [0, 0.05) is 18.3 Å². The van der Waals surface area contributed by atoms with Gasteiger partial charge in [-0.05, 0) is 24.3 Å². The average Bonchev–Trinajstić information content (AvgIpc) is 2.67. The lowest BCUT2D eigenvalue weighted by Gasteiger charge is -1.99. The van der Waals surface area contributed by atoms with Gasteiger partial charge in [-0.1, -0.05) is 0 Å². The van der Waals surface area contributed by atoms with Crippen LogP contribution < -0.4 is 5.73 Å². The zero-order valence-corrected chi connectivity index (χ0v) is 8.75. The molecule has 15 heavy (non-hydrogen) atoms. The van der Waals surface area contributed by atoms with Crippen molar-refractivity contribution < 1.29 is 4.39 Å². The third kappa shape index (κ3) is 2.55. The van der Waals surface area contributed by atoms with E-state index in [0.29, 0.717) is 6.54 Å². The highest BCUT2D eigenvalue weighted by Crippen LogP contribution is 2.08. The van der Waals surface area contributed by atoms with Gasteiger partial charge in [-0.25, -0.2) is 9.07 Å². The van der Waals surface area contributed by atoms with Gasteiger partial charge in [-0.2, -0.15) is 5.10 Å². The van der Waals surface area contributed by atoms with E-state index in [1.54, 1.807) is 23.0 Å². The van der Waals surface area contributed by atoms with Crippen LogP contribution in [-0.4, -0.2) is 9.78 Å². The van der Waals surface area contributed by atoms with Crippen molar-refractivity contribution in [2.75, 3.05) is 0 Å². The van der Waals surface area contributed by atoms with Gasteiger partial charge in [0.15, 0.2) is 0 Å². The SMILES string of the molecule is Cl.NCc1cnn(-c2ccc(F)cc2)c1. The minimum absolute atomic E-state index is 0. The maximum absolute atomic E-state index is 12.6. The van der Waals surface area contributed by atoms with Crippen LogP contribution in [0.1, 0.15) is 5.56 Å². The number of halogens is 2. The van der Waals surface area contributed by atoms with Crippen LogP contribution in [0.2, 0.25) is 0 Å². The van der Waals surface area contributed by atoms with Crippen molar-refractivity contribution in [3.63, 3.8) is 0 Å². The van der Waals surface area contributed by atoms with E-state index in [1.807, 2.05) is 6.20 Å². The van der Waals surface area contributed by atoms with E-state index >= 15 is 0 Å². The first kappa shape index (κ1) is 11.7. The summed E-state index contributed by atoms with van der Waals surface area (Å²) in [6.07, 6.45) is 3.52. The zero-order chi connectivity index (χ0) is 9.97. The number of benzene rings is 1. The number of hydrogen-bond acceptors (Lipinski definition) is 2. The lowest BCUT2D eigenvalue weighted by molar-refractivity contribution is 0.627. The summed E-state index contributed by atoms with van der Waals surface area (Å²) in [5, 5.41) is 4.10. The second-order valence-corrected chi connectivity index (χ2v) is 2.97. The normalized spacial score (nSPS) is 9.73. The van der Waals surface area contributed by atoms with E-state index in [2.05, 4.69) is 5.10 Å². The molecule has 0 saturated heterocycles. The highest BCUT2D eigenvalue weighted by molar-refractivity contribution is 5.85. The van der Waals surface area contributed by atoms with Crippen LogP contribution >= 0.6 is 12.4 Å². The number of hydrogen-bond donors (Lipinski definition) is 1. The van der Waals surface area contributed by atoms with Crippen LogP contribution in [0, 0.1) is 5.82 Å². The summed E-state index contributed by atoms with van der Waals surface area (Å²) in [4.78, 5) is 0. The van der Waals surface area contributed by atoms with E-state index in [1.165, 1.54) is 12.1 Å². The molecule has 80 valence electrons. The van der Waals surface area contributed by atoms with Crippen molar-refractivity contribution in [1.29, 1.82) is 0 Å². The van der Waals surface area contributed by atoms with Gasteiger partial charge in [0.1, 0.15) is 5.82 Å². The Morgan fingerprint density at radius 3 is 2.47 bits per heavy atom. The smallest absolute Gasteiger partial charge is 0.123 e. The average molecular weight is 228 g/mol. The number of rotatable bonds is 2. The fourth-order valence-electron chi connectivity index (χ4n) is 1.20. The van der Waals surface area contributed by atoms with Gasteiger partial charge in [0.2, 0.25) is 0 Å². The molecule has 0 aliphatic heterocycles. The fourth-order valence-corrected chi connectivity index (χ4v) is 1.20. The molecule has 0 fully saturated rings. The summed E-state index contributed by atoms with van der Waals surface area (Å²) >= 11 is 0. The number of nitrogens with zero attached hydrogens (tertiary/aromatic N) is 2. The number of aromatic nitrogens is 2. The van der Waals surface area contributed by atoms with Gasteiger partial charge in [-0.3, -0.25) is 0 Å². The molecule has 0 unspecified atom stereocenters. The van der Waals surface area contributed by atoms with Gasteiger partial charge >= 0.3 is 0 Å². The van der Waals surface area contributed by atoms with E-state index in [0.717, 1.165) is 11.3 Å². The molecule has 2 rings (SSSR count). The van der Waals surface area contributed by atoms with Crippen molar-refractivity contribution in [2.45, 2.75) is 6.54 Å². The molecular formula is C10H11ClFN3. The lowest BCUT2D eigenvalue weighted by Crippen LogP contribution is -1.95. The lowest BCUT2D eigenvalue weighted by atomic mass is 10.3. The fraction of sp³-hybridized carbons (Fsp3) is 0.100. The van der Waals surface area contributed by atoms with Crippen molar-refractivity contribution in [3.8, 4) is 5.69 Å². The Morgan fingerprint density at radius 1 is 1.27 bits per heavy atom. The largest absolute Gasteiger partial charge is 0.326 e. The predicted octanol–water partition coefficient (Wildman–Crippen LogP) is 1.89. The minimum atomic E-state index is -0.250.